The molecule has 4 heteroatoms. The Hall–Kier alpha value is -1.81. The highest BCUT2D eigenvalue weighted by Gasteiger charge is 2.09. The Morgan fingerprint density at radius 2 is 2.26 bits per heavy atom. The molecule has 0 saturated heterocycles. The van der Waals surface area contributed by atoms with E-state index in [1.54, 1.807) is 6.92 Å². The molecule has 1 heterocycles. The van der Waals surface area contributed by atoms with Crippen molar-refractivity contribution in [2.75, 3.05) is 6.61 Å². The van der Waals surface area contributed by atoms with Gasteiger partial charge in [0.15, 0.2) is 0 Å². The lowest BCUT2D eigenvalue weighted by Crippen LogP contribution is -2.35. The second kappa shape index (κ2) is 5.89. The van der Waals surface area contributed by atoms with Crippen molar-refractivity contribution in [2.45, 2.75) is 32.7 Å². The van der Waals surface area contributed by atoms with Crippen molar-refractivity contribution in [1.82, 2.24) is 10.3 Å². The zero-order valence-electron chi connectivity index (χ0n) is 11.4. The summed E-state index contributed by atoms with van der Waals surface area (Å²) >= 11 is 0. The Balaban J connectivity index is 2.02. The fraction of sp³-hybridized carbons (Fsp3) is 0.400. The molecule has 1 unspecified atom stereocenters. The number of amides is 1. The fourth-order valence-electron chi connectivity index (χ4n) is 2.21. The number of nitrogens with one attached hydrogen (secondary N) is 2. The third kappa shape index (κ3) is 3.15. The van der Waals surface area contributed by atoms with Crippen LogP contribution in [0.25, 0.3) is 10.9 Å². The number of hydrogen-bond acceptors (Lipinski definition) is 2. The van der Waals surface area contributed by atoms with Crippen molar-refractivity contribution in [3.05, 3.63) is 35.5 Å². The van der Waals surface area contributed by atoms with E-state index in [9.17, 15) is 4.79 Å². The Morgan fingerprint density at radius 1 is 1.47 bits per heavy atom. The number of carbonyl (C=O) groups is 1. The maximum absolute atomic E-state index is 11.7. The van der Waals surface area contributed by atoms with E-state index < -0.39 is 0 Å². The average molecular weight is 260 g/mol. The molecule has 102 valence electrons. The van der Waals surface area contributed by atoms with Crippen LogP contribution in [-0.2, 0) is 11.2 Å². The van der Waals surface area contributed by atoms with Crippen LogP contribution in [-0.4, -0.2) is 28.6 Å². The molecular weight excluding hydrogens is 240 g/mol. The minimum Gasteiger partial charge on any atom is -0.394 e. The van der Waals surface area contributed by atoms with Gasteiger partial charge in [-0.25, -0.2) is 0 Å². The largest absolute Gasteiger partial charge is 0.394 e. The van der Waals surface area contributed by atoms with Gasteiger partial charge in [-0.15, -0.1) is 0 Å². The van der Waals surface area contributed by atoms with E-state index in [1.807, 2.05) is 12.3 Å². The van der Waals surface area contributed by atoms with Crippen LogP contribution in [0.1, 0.15) is 24.5 Å². The van der Waals surface area contributed by atoms with Gasteiger partial charge in [0.1, 0.15) is 0 Å². The van der Waals surface area contributed by atoms with Gasteiger partial charge in [0.2, 0.25) is 5.91 Å². The SMILES string of the molecule is Cc1cccc2c(CCC(=O)NC(C)CO)c[nH]c12. The predicted octanol–water partition coefficient (Wildman–Crippen LogP) is 1.91. The monoisotopic (exact) mass is 260 g/mol. The normalized spacial score (nSPS) is 12.6. The van der Waals surface area contributed by atoms with E-state index in [4.69, 9.17) is 5.11 Å². The van der Waals surface area contributed by atoms with Gasteiger partial charge in [-0.1, -0.05) is 18.2 Å². The maximum atomic E-state index is 11.7. The van der Waals surface area contributed by atoms with Gasteiger partial charge in [0.25, 0.3) is 0 Å². The predicted molar refractivity (Wildman–Crippen MR) is 76.0 cm³/mol. The van der Waals surface area contributed by atoms with E-state index in [0.29, 0.717) is 12.8 Å². The zero-order valence-corrected chi connectivity index (χ0v) is 11.4. The second-order valence-corrected chi connectivity index (χ2v) is 4.96. The number of aromatic amines is 1. The summed E-state index contributed by atoms with van der Waals surface area (Å²) in [5, 5.41) is 12.8. The first-order valence-corrected chi connectivity index (χ1v) is 6.57. The molecule has 0 aliphatic carbocycles. The number of aliphatic hydroxyl groups is 1. The first kappa shape index (κ1) is 13.6. The molecule has 0 aliphatic rings. The number of aliphatic hydroxyl groups excluding tert-OH is 1. The summed E-state index contributed by atoms with van der Waals surface area (Å²) in [5.41, 5.74) is 3.51. The van der Waals surface area contributed by atoms with Crippen molar-refractivity contribution in [3.63, 3.8) is 0 Å². The number of hydrogen-bond donors (Lipinski definition) is 3. The minimum atomic E-state index is -0.183. The van der Waals surface area contributed by atoms with Crippen LogP contribution in [0.15, 0.2) is 24.4 Å². The van der Waals surface area contributed by atoms with Crippen molar-refractivity contribution in [1.29, 1.82) is 0 Å². The van der Waals surface area contributed by atoms with Crippen LogP contribution < -0.4 is 5.32 Å². The van der Waals surface area contributed by atoms with Gasteiger partial charge in [0, 0.05) is 29.6 Å². The quantitative estimate of drug-likeness (QED) is 0.769. The summed E-state index contributed by atoms with van der Waals surface area (Å²) in [4.78, 5) is 14.9. The Bertz CT molecular complexity index is 575. The molecule has 0 spiro atoms. The molecular formula is C15H20N2O2. The summed E-state index contributed by atoms with van der Waals surface area (Å²) in [7, 11) is 0. The van der Waals surface area contributed by atoms with Gasteiger partial charge in [-0.05, 0) is 31.4 Å². The molecule has 2 aromatic rings. The van der Waals surface area contributed by atoms with E-state index >= 15 is 0 Å². The summed E-state index contributed by atoms with van der Waals surface area (Å²) < 4.78 is 0. The van der Waals surface area contributed by atoms with Gasteiger partial charge < -0.3 is 15.4 Å². The fourth-order valence-corrected chi connectivity index (χ4v) is 2.21. The number of fused-ring (bicyclic) bond motifs is 1. The molecule has 0 saturated carbocycles. The second-order valence-electron chi connectivity index (χ2n) is 4.96. The van der Waals surface area contributed by atoms with Crippen molar-refractivity contribution >= 4 is 16.8 Å². The smallest absolute Gasteiger partial charge is 0.220 e. The maximum Gasteiger partial charge on any atom is 0.220 e. The molecule has 4 nitrogen and oxygen atoms in total. The summed E-state index contributed by atoms with van der Waals surface area (Å²) in [6.07, 6.45) is 3.11. The van der Waals surface area contributed by atoms with Gasteiger partial charge in [0.05, 0.1) is 6.61 Å². The van der Waals surface area contributed by atoms with Crippen LogP contribution in [0.3, 0.4) is 0 Å². The highest BCUT2D eigenvalue weighted by Crippen LogP contribution is 2.22. The lowest BCUT2D eigenvalue weighted by Gasteiger charge is -2.10. The van der Waals surface area contributed by atoms with Crippen LogP contribution in [0.2, 0.25) is 0 Å². The molecule has 1 aromatic heterocycles. The molecule has 1 aromatic carbocycles. The molecule has 2 rings (SSSR count). The topological polar surface area (TPSA) is 65.1 Å². The number of rotatable bonds is 5. The first-order valence-electron chi connectivity index (χ1n) is 6.57. The molecule has 19 heavy (non-hydrogen) atoms. The van der Waals surface area contributed by atoms with Crippen molar-refractivity contribution in [3.8, 4) is 0 Å². The van der Waals surface area contributed by atoms with E-state index in [0.717, 1.165) is 11.1 Å². The molecule has 0 aliphatic heterocycles. The van der Waals surface area contributed by atoms with Gasteiger partial charge >= 0.3 is 0 Å². The zero-order chi connectivity index (χ0) is 13.8. The van der Waals surface area contributed by atoms with Crippen LogP contribution in [0.4, 0.5) is 0 Å². The van der Waals surface area contributed by atoms with Crippen LogP contribution >= 0.6 is 0 Å². The van der Waals surface area contributed by atoms with Gasteiger partial charge in [-0.3, -0.25) is 4.79 Å². The third-order valence-electron chi connectivity index (χ3n) is 3.31. The summed E-state index contributed by atoms with van der Waals surface area (Å²) in [6.45, 7) is 3.82. The number of aromatic nitrogens is 1. The number of carbonyl (C=O) groups excluding carboxylic acids is 1. The Kier molecular flexibility index (Phi) is 4.22. The summed E-state index contributed by atoms with van der Waals surface area (Å²) in [5.74, 6) is -0.0245. The molecule has 0 radical (unpaired) electrons. The highest BCUT2D eigenvalue weighted by atomic mass is 16.3. The Labute approximate surface area is 112 Å². The lowest BCUT2D eigenvalue weighted by molar-refractivity contribution is -0.121. The first-order chi connectivity index (χ1) is 9.11. The Morgan fingerprint density at radius 3 is 3.00 bits per heavy atom. The molecule has 1 amide bonds. The van der Waals surface area contributed by atoms with Crippen LogP contribution in [0, 0.1) is 6.92 Å². The van der Waals surface area contributed by atoms with Crippen LogP contribution in [0.5, 0.6) is 0 Å². The number of aryl methyl sites for hydroxylation is 2. The van der Waals surface area contributed by atoms with E-state index in [2.05, 4.69) is 29.4 Å². The lowest BCUT2D eigenvalue weighted by atomic mass is 10.1. The number of H-pyrrole nitrogens is 1. The van der Waals surface area contributed by atoms with Crippen molar-refractivity contribution in [2.24, 2.45) is 0 Å². The standard InChI is InChI=1S/C15H20N2O2/c1-10-4-3-5-13-12(8-16-15(10)13)6-7-14(19)17-11(2)9-18/h3-5,8,11,16,18H,6-7,9H2,1-2H3,(H,17,19). The molecule has 0 bridgehead atoms. The highest BCUT2D eigenvalue weighted by molar-refractivity contribution is 5.86. The average Bonchev–Trinajstić information content (AvgIpc) is 2.81. The third-order valence-corrected chi connectivity index (χ3v) is 3.31. The van der Waals surface area contributed by atoms with E-state index in [1.165, 1.54) is 10.9 Å². The number of benzene rings is 1. The van der Waals surface area contributed by atoms with E-state index in [-0.39, 0.29) is 18.6 Å². The minimum absolute atomic E-state index is 0.0245. The molecule has 3 N–H and O–H groups in total. The van der Waals surface area contributed by atoms with Crippen molar-refractivity contribution < 1.29 is 9.90 Å². The number of para-hydroxylation sites is 1. The molecule has 1 atom stereocenters. The molecule has 0 fully saturated rings. The summed E-state index contributed by atoms with van der Waals surface area (Å²) in [6, 6.07) is 5.99. The van der Waals surface area contributed by atoms with Gasteiger partial charge in [-0.2, -0.15) is 0 Å².